The molecule has 0 aromatic heterocycles. The Balaban J connectivity index is 1.40. The summed E-state index contributed by atoms with van der Waals surface area (Å²) in [5, 5.41) is 0. The van der Waals surface area contributed by atoms with Crippen LogP contribution in [-0.4, -0.2) is 42.4 Å². The molecule has 1 aliphatic heterocycles. The summed E-state index contributed by atoms with van der Waals surface area (Å²) in [4.78, 5) is 29.1. The monoisotopic (exact) mass is 414 g/mol. The van der Waals surface area contributed by atoms with Gasteiger partial charge in [-0.3, -0.25) is 9.59 Å². The van der Waals surface area contributed by atoms with Crippen LogP contribution < -0.4 is 10.6 Å². The first-order valence-electron chi connectivity index (χ1n) is 11.4. The van der Waals surface area contributed by atoms with E-state index in [0.29, 0.717) is 37.2 Å². The second-order valence-electron chi connectivity index (χ2n) is 9.49. The molecule has 5 nitrogen and oxygen atoms in total. The number of rotatable bonds is 8. The smallest absolute Gasteiger partial charge is 0.229 e. The van der Waals surface area contributed by atoms with E-state index in [-0.39, 0.29) is 11.7 Å². The highest BCUT2D eigenvalue weighted by Crippen LogP contribution is 2.41. The quantitative estimate of drug-likeness (QED) is 0.707. The topological polar surface area (TPSA) is 66.6 Å². The highest BCUT2D eigenvalue weighted by atomic mass is 19.1. The van der Waals surface area contributed by atoms with Gasteiger partial charge in [-0.15, -0.1) is 0 Å². The minimum absolute atomic E-state index is 0.138. The number of halogens is 1. The van der Waals surface area contributed by atoms with Crippen LogP contribution in [0.1, 0.15) is 63.9 Å². The number of nitrogens with zero attached hydrogens (tertiary/aromatic N) is 2. The minimum Gasteiger partial charge on any atom is -0.369 e. The molecule has 1 heterocycles. The normalized spacial score (nSPS) is 24.0. The third kappa shape index (κ3) is 4.33. The Morgan fingerprint density at radius 1 is 1.23 bits per heavy atom. The summed E-state index contributed by atoms with van der Waals surface area (Å²) >= 11 is 0. The number of carbonyl (C=O) groups excluding carboxylic acids is 2. The van der Waals surface area contributed by atoms with E-state index in [0.717, 1.165) is 24.9 Å². The zero-order valence-electron chi connectivity index (χ0n) is 17.9. The van der Waals surface area contributed by atoms with Crippen LogP contribution in [0.25, 0.3) is 0 Å². The van der Waals surface area contributed by atoms with Crippen LogP contribution >= 0.6 is 0 Å². The number of nitrogens with two attached hydrogens (primary N) is 1. The van der Waals surface area contributed by atoms with E-state index in [1.54, 1.807) is 13.0 Å². The Labute approximate surface area is 178 Å². The number of anilines is 1. The summed E-state index contributed by atoms with van der Waals surface area (Å²) in [5.74, 6) is -0.0254. The molecule has 0 unspecified atom stereocenters. The van der Waals surface area contributed by atoms with Gasteiger partial charge in [0.2, 0.25) is 11.8 Å². The van der Waals surface area contributed by atoms with Crippen LogP contribution in [0.2, 0.25) is 0 Å². The van der Waals surface area contributed by atoms with E-state index in [4.69, 9.17) is 5.73 Å². The molecule has 4 rings (SSSR count). The van der Waals surface area contributed by atoms with Gasteiger partial charge < -0.3 is 15.5 Å². The maximum Gasteiger partial charge on any atom is 0.229 e. The molecule has 1 radical (unpaired) electrons. The Bertz CT molecular complexity index is 804. The first kappa shape index (κ1) is 21.1. The standard InChI is InChI=1S/C24H33FN3O2/c1-24(23(26)30)16-27(21-11-8-18(25)15-20(21)24)13-14-28(19-9-10-19)22(29)12-7-17-5-3-2-4-6-17/h8,11-12,15,17,19H,2-7,9-10,13-14,16H2,1H3,(H2,26,30)/t24-/m1/s1. The number of hydrogen-bond donors (Lipinski definition) is 1. The molecule has 0 saturated heterocycles. The molecule has 3 aliphatic rings. The molecular weight excluding hydrogens is 381 g/mol. The van der Waals surface area contributed by atoms with E-state index in [2.05, 4.69) is 4.90 Å². The lowest BCUT2D eigenvalue weighted by Crippen LogP contribution is -2.45. The SMILES string of the molecule is C[C@@]1(C(N)=O)CN(CCN(C(=O)[CH]CC2CCCCC2)C2CC2)c2ccc(F)cc21. The van der Waals surface area contributed by atoms with Crippen LogP contribution in [0, 0.1) is 18.2 Å². The first-order valence-corrected chi connectivity index (χ1v) is 11.4. The highest BCUT2D eigenvalue weighted by Gasteiger charge is 2.44. The van der Waals surface area contributed by atoms with Gasteiger partial charge in [-0.1, -0.05) is 32.1 Å². The predicted octanol–water partition coefficient (Wildman–Crippen LogP) is 3.55. The van der Waals surface area contributed by atoms with Gasteiger partial charge in [-0.2, -0.15) is 0 Å². The van der Waals surface area contributed by atoms with Crippen LogP contribution in [0.4, 0.5) is 10.1 Å². The molecule has 0 bridgehead atoms. The Kier molecular flexibility index (Phi) is 6.03. The Morgan fingerprint density at radius 2 is 1.97 bits per heavy atom. The zero-order chi connectivity index (χ0) is 21.3. The number of fused-ring (bicyclic) bond motifs is 1. The van der Waals surface area contributed by atoms with Crippen molar-refractivity contribution in [3.8, 4) is 0 Å². The van der Waals surface area contributed by atoms with Crippen molar-refractivity contribution in [2.45, 2.75) is 69.7 Å². The van der Waals surface area contributed by atoms with E-state index in [9.17, 15) is 14.0 Å². The van der Waals surface area contributed by atoms with E-state index in [1.165, 1.54) is 44.2 Å². The molecule has 2 amide bonds. The summed E-state index contributed by atoms with van der Waals surface area (Å²) in [6.07, 6.45) is 11.3. The van der Waals surface area contributed by atoms with Crippen molar-refractivity contribution in [2.75, 3.05) is 24.5 Å². The third-order valence-corrected chi connectivity index (χ3v) is 7.18. The van der Waals surface area contributed by atoms with Gasteiger partial charge in [0.25, 0.3) is 0 Å². The minimum atomic E-state index is -0.918. The molecule has 2 saturated carbocycles. The van der Waals surface area contributed by atoms with E-state index < -0.39 is 11.3 Å². The van der Waals surface area contributed by atoms with Crippen molar-refractivity contribution in [1.82, 2.24) is 4.90 Å². The fourth-order valence-electron chi connectivity index (χ4n) is 5.08. The van der Waals surface area contributed by atoms with Crippen molar-refractivity contribution in [3.63, 3.8) is 0 Å². The molecule has 6 heteroatoms. The number of hydrogen-bond acceptors (Lipinski definition) is 3. The zero-order valence-corrected chi connectivity index (χ0v) is 17.9. The molecule has 2 N–H and O–H groups in total. The molecular formula is C24H33FN3O2. The first-order chi connectivity index (χ1) is 14.4. The molecule has 1 atom stereocenters. The predicted molar refractivity (Wildman–Crippen MR) is 115 cm³/mol. The van der Waals surface area contributed by atoms with Gasteiger partial charge in [0.15, 0.2) is 0 Å². The van der Waals surface area contributed by atoms with Gasteiger partial charge in [0.05, 0.1) is 11.8 Å². The van der Waals surface area contributed by atoms with Crippen molar-refractivity contribution in [2.24, 2.45) is 11.7 Å². The number of carbonyl (C=O) groups is 2. The number of benzene rings is 1. The average molecular weight is 415 g/mol. The van der Waals surface area contributed by atoms with Crippen LogP contribution in [0.15, 0.2) is 18.2 Å². The second kappa shape index (κ2) is 8.56. The molecule has 2 aliphatic carbocycles. The number of amides is 2. The van der Waals surface area contributed by atoms with Crippen molar-refractivity contribution in [1.29, 1.82) is 0 Å². The fraction of sp³-hybridized carbons (Fsp3) is 0.625. The average Bonchev–Trinajstić information content (AvgIpc) is 3.53. The van der Waals surface area contributed by atoms with E-state index in [1.807, 2.05) is 11.3 Å². The fourth-order valence-corrected chi connectivity index (χ4v) is 5.08. The van der Waals surface area contributed by atoms with Gasteiger partial charge in [-0.05, 0) is 55.9 Å². The van der Waals surface area contributed by atoms with Crippen LogP contribution in [0.5, 0.6) is 0 Å². The second-order valence-corrected chi connectivity index (χ2v) is 9.49. The molecule has 2 fully saturated rings. The van der Waals surface area contributed by atoms with Gasteiger partial charge in [0, 0.05) is 31.4 Å². The molecule has 1 aromatic carbocycles. The molecule has 1 aromatic rings. The summed E-state index contributed by atoms with van der Waals surface area (Å²) < 4.78 is 13.8. The van der Waals surface area contributed by atoms with Gasteiger partial charge >= 0.3 is 0 Å². The Hall–Kier alpha value is -2.11. The van der Waals surface area contributed by atoms with Crippen molar-refractivity contribution in [3.05, 3.63) is 36.0 Å². The molecule has 30 heavy (non-hydrogen) atoms. The summed E-state index contributed by atoms with van der Waals surface area (Å²) in [7, 11) is 0. The maximum atomic E-state index is 13.8. The van der Waals surface area contributed by atoms with Crippen LogP contribution in [-0.2, 0) is 15.0 Å². The summed E-state index contributed by atoms with van der Waals surface area (Å²) in [6.45, 7) is 3.41. The Morgan fingerprint density at radius 3 is 2.63 bits per heavy atom. The summed E-state index contributed by atoms with van der Waals surface area (Å²) in [5.41, 5.74) is 6.24. The highest BCUT2D eigenvalue weighted by molar-refractivity contribution is 5.91. The van der Waals surface area contributed by atoms with Crippen molar-refractivity contribution < 1.29 is 14.0 Å². The molecule has 163 valence electrons. The maximum absolute atomic E-state index is 13.8. The van der Waals surface area contributed by atoms with Crippen LogP contribution in [0.3, 0.4) is 0 Å². The summed E-state index contributed by atoms with van der Waals surface area (Å²) in [6, 6.07) is 4.89. The largest absolute Gasteiger partial charge is 0.369 e. The van der Waals surface area contributed by atoms with Crippen molar-refractivity contribution >= 4 is 17.5 Å². The lowest BCUT2D eigenvalue weighted by molar-refractivity contribution is -0.128. The lowest BCUT2D eigenvalue weighted by atomic mass is 9.84. The van der Waals surface area contributed by atoms with E-state index >= 15 is 0 Å². The lowest BCUT2D eigenvalue weighted by Gasteiger charge is -2.29. The van der Waals surface area contributed by atoms with Gasteiger partial charge in [0.1, 0.15) is 5.82 Å². The van der Waals surface area contributed by atoms with Gasteiger partial charge in [-0.25, -0.2) is 4.39 Å². The third-order valence-electron chi connectivity index (χ3n) is 7.18. The molecule has 0 spiro atoms. The number of primary amides is 1.